The van der Waals surface area contributed by atoms with Crippen molar-refractivity contribution in [1.29, 1.82) is 0 Å². The Morgan fingerprint density at radius 2 is 2.05 bits per heavy atom. The van der Waals surface area contributed by atoms with E-state index in [0.717, 1.165) is 18.6 Å². The molecule has 2 fully saturated rings. The van der Waals surface area contributed by atoms with Crippen LogP contribution in [0.2, 0.25) is 0 Å². The number of benzene rings is 1. The van der Waals surface area contributed by atoms with E-state index in [2.05, 4.69) is 10.0 Å². The predicted molar refractivity (Wildman–Crippen MR) is 81.6 cm³/mol. The lowest BCUT2D eigenvalue weighted by atomic mass is 9.95. The lowest BCUT2D eigenvalue weighted by Crippen LogP contribution is -2.38. The first-order valence-corrected chi connectivity index (χ1v) is 9.18. The Hall–Kier alpha value is -1.56. The number of rotatable bonds is 4. The SMILES string of the molecule is CS(=O)(=O)Nc1cccc(C(=O)N[C@H]2C[C@H]3CC[C@H]2C3)c1. The van der Waals surface area contributed by atoms with Gasteiger partial charge in [0.25, 0.3) is 5.91 Å². The molecule has 0 unspecified atom stereocenters. The summed E-state index contributed by atoms with van der Waals surface area (Å²) in [7, 11) is -3.33. The third-order valence-electron chi connectivity index (χ3n) is 4.48. The van der Waals surface area contributed by atoms with Gasteiger partial charge in [0.05, 0.1) is 6.26 Å². The lowest BCUT2D eigenvalue weighted by Gasteiger charge is -2.23. The van der Waals surface area contributed by atoms with Gasteiger partial charge in [-0.15, -0.1) is 0 Å². The summed E-state index contributed by atoms with van der Waals surface area (Å²) in [4.78, 5) is 12.3. The maximum atomic E-state index is 12.3. The highest BCUT2D eigenvalue weighted by atomic mass is 32.2. The van der Waals surface area contributed by atoms with E-state index in [1.807, 2.05) is 0 Å². The number of anilines is 1. The number of fused-ring (bicyclic) bond motifs is 2. The Bertz CT molecular complexity index is 657. The van der Waals surface area contributed by atoms with Gasteiger partial charge in [-0.2, -0.15) is 0 Å². The molecule has 5 nitrogen and oxygen atoms in total. The normalized spacial score (nSPS) is 27.6. The highest BCUT2D eigenvalue weighted by Crippen LogP contribution is 2.44. The molecule has 0 saturated heterocycles. The largest absolute Gasteiger partial charge is 0.349 e. The van der Waals surface area contributed by atoms with E-state index >= 15 is 0 Å². The van der Waals surface area contributed by atoms with Gasteiger partial charge >= 0.3 is 0 Å². The Kier molecular flexibility index (Phi) is 3.65. The van der Waals surface area contributed by atoms with Crippen LogP contribution in [0, 0.1) is 11.8 Å². The topological polar surface area (TPSA) is 75.3 Å². The molecular formula is C15H20N2O3S. The summed E-state index contributed by atoms with van der Waals surface area (Å²) in [5.74, 6) is 1.28. The van der Waals surface area contributed by atoms with E-state index in [9.17, 15) is 13.2 Å². The van der Waals surface area contributed by atoms with E-state index in [0.29, 0.717) is 17.2 Å². The molecule has 2 aliphatic carbocycles. The van der Waals surface area contributed by atoms with Crippen LogP contribution in [0.5, 0.6) is 0 Å². The van der Waals surface area contributed by atoms with Gasteiger partial charge in [-0.05, 0) is 49.3 Å². The van der Waals surface area contributed by atoms with Gasteiger partial charge in [0.15, 0.2) is 0 Å². The van der Waals surface area contributed by atoms with Crippen LogP contribution in [0.4, 0.5) is 5.69 Å². The summed E-state index contributed by atoms with van der Waals surface area (Å²) < 4.78 is 24.9. The van der Waals surface area contributed by atoms with Gasteiger partial charge in [0, 0.05) is 17.3 Å². The summed E-state index contributed by atoms with van der Waals surface area (Å²) in [6.07, 6.45) is 5.92. The molecule has 21 heavy (non-hydrogen) atoms. The van der Waals surface area contributed by atoms with Crippen LogP contribution in [0.25, 0.3) is 0 Å². The van der Waals surface area contributed by atoms with Crippen LogP contribution in [-0.2, 0) is 10.0 Å². The van der Waals surface area contributed by atoms with Crippen molar-refractivity contribution in [2.75, 3.05) is 11.0 Å². The molecule has 0 aromatic heterocycles. The zero-order valence-electron chi connectivity index (χ0n) is 12.0. The van der Waals surface area contributed by atoms with Crippen molar-refractivity contribution in [3.8, 4) is 0 Å². The van der Waals surface area contributed by atoms with Gasteiger partial charge in [0.2, 0.25) is 10.0 Å². The van der Waals surface area contributed by atoms with Gasteiger partial charge in [-0.3, -0.25) is 9.52 Å². The van der Waals surface area contributed by atoms with Gasteiger partial charge in [-0.1, -0.05) is 12.5 Å². The lowest BCUT2D eigenvalue weighted by molar-refractivity contribution is 0.0923. The highest BCUT2D eigenvalue weighted by molar-refractivity contribution is 7.92. The number of hydrogen-bond donors (Lipinski definition) is 2. The average molecular weight is 308 g/mol. The molecule has 2 aliphatic rings. The summed E-state index contributed by atoms with van der Waals surface area (Å²) in [5, 5.41) is 3.10. The first kappa shape index (κ1) is 14.4. The minimum absolute atomic E-state index is 0.121. The Balaban J connectivity index is 1.68. The van der Waals surface area contributed by atoms with Crippen molar-refractivity contribution in [3.05, 3.63) is 29.8 Å². The van der Waals surface area contributed by atoms with Crippen molar-refractivity contribution in [2.45, 2.75) is 31.7 Å². The number of sulfonamides is 1. The molecule has 1 aromatic carbocycles. The molecule has 1 amide bonds. The maximum absolute atomic E-state index is 12.3. The highest BCUT2D eigenvalue weighted by Gasteiger charge is 2.40. The third kappa shape index (κ3) is 3.37. The number of hydrogen-bond acceptors (Lipinski definition) is 3. The summed E-state index contributed by atoms with van der Waals surface area (Å²) in [6.45, 7) is 0. The van der Waals surface area contributed by atoms with Crippen LogP contribution in [0.1, 0.15) is 36.0 Å². The zero-order valence-corrected chi connectivity index (χ0v) is 12.8. The Labute approximate surface area is 125 Å². The molecule has 1 aromatic rings. The quantitative estimate of drug-likeness (QED) is 0.893. The summed E-state index contributed by atoms with van der Waals surface area (Å²) in [5.41, 5.74) is 0.907. The molecule has 0 radical (unpaired) electrons. The summed E-state index contributed by atoms with van der Waals surface area (Å²) in [6, 6.07) is 6.88. The number of amides is 1. The smallest absolute Gasteiger partial charge is 0.251 e. The zero-order chi connectivity index (χ0) is 15.0. The van der Waals surface area contributed by atoms with Crippen molar-refractivity contribution >= 4 is 21.6 Å². The minimum atomic E-state index is -3.33. The molecule has 3 atom stereocenters. The van der Waals surface area contributed by atoms with E-state index in [-0.39, 0.29) is 11.9 Å². The number of nitrogens with one attached hydrogen (secondary N) is 2. The van der Waals surface area contributed by atoms with Gasteiger partial charge in [-0.25, -0.2) is 8.42 Å². The fourth-order valence-electron chi connectivity index (χ4n) is 3.61. The second-order valence-electron chi connectivity index (χ2n) is 6.21. The van der Waals surface area contributed by atoms with Gasteiger partial charge in [0.1, 0.15) is 0 Å². The van der Waals surface area contributed by atoms with Crippen molar-refractivity contribution < 1.29 is 13.2 Å². The van der Waals surface area contributed by atoms with Crippen LogP contribution < -0.4 is 10.0 Å². The van der Waals surface area contributed by atoms with Crippen molar-refractivity contribution in [3.63, 3.8) is 0 Å². The predicted octanol–water partition coefficient (Wildman–Crippen LogP) is 1.98. The maximum Gasteiger partial charge on any atom is 0.251 e. The first-order valence-electron chi connectivity index (χ1n) is 7.29. The van der Waals surface area contributed by atoms with Crippen LogP contribution in [0.15, 0.2) is 24.3 Å². The molecule has 114 valence electrons. The third-order valence-corrected chi connectivity index (χ3v) is 5.09. The number of carbonyl (C=O) groups excluding carboxylic acids is 1. The van der Waals surface area contributed by atoms with E-state index in [1.54, 1.807) is 24.3 Å². The Morgan fingerprint density at radius 3 is 2.67 bits per heavy atom. The fraction of sp³-hybridized carbons (Fsp3) is 0.533. The van der Waals surface area contributed by atoms with Crippen LogP contribution in [-0.4, -0.2) is 26.6 Å². The van der Waals surface area contributed by atoms with E-state index < -0.39 is 10.0 Å². The number of carbonyl (C=O) groups is 1. The molecule has 6 heteroatoms. The molecule has 2 bridgehead atoms. The minimum Gasteiger partial charge on any atom is -0.349 e. The van der Waals surface area contributed by atoms with E-state index in [4.69, 9.17) is 0 Å². The molecule has 2 N–H and O–H groups in total. The van der Waals surface area contributed by atoms with E-state index in [1.165, 1.54) is 19.3 Å². The first-order chi connectivity index (χ1) is 9.90. The molecule has 3 rings (SSSR count). The molecule has 0 heterocycles. The fourth-order valence-corrected chi connectivity index (χ4v) is 4.17. The van der Waals surface area contributed by atoms with Crippen LogP contribution >= 0.6 is 0 Å². The second-order valence-corrected chi connectivity index (χ2v) is 7.96. The standard InChI is InChI=1S/C15H20N2O3S/c1-21(19,20)17-13-4-2-3-12(9-13)15(18)16-14-8-10-5-6-11(14)7-10/h2-4,9-11,14,17H,5-8H2,1H3,(H,16,18)/t10-,11-,14-/m0/s1. The average Bonchev–Trinajstić information content (AvgIpc) is 2.99. The monoisotopic (exact) mass is 308 g/mol. The summed E-state index contributed by atoms with van der Waals surface area (Å²) >= 11 is 0. The molecule has 0 aliphatic heterocycles. The van der Waals surface area contributed by atoms with Crippen LogP contribution in [0.3, 0.4) is 0 Å². The van der Waals surface area contributed by atoms with Crippen molar-refractivity contribution in [2.24, 2.45) is 11.8 Å². The molecule has 0 spiro atoms. The molecule has 2 saturated carbocycles. The second kappa shape index (κ2) is 5.33. The van der Waals surface area contributed by atoms with Gasteiger partial charge < -0.3 is 5.32 Å². The Morgan fingerprint density at radius 1 is 1.24 bits per heavy atom. The molecular weight excluding hydrogens is 288 g/mol. The van der Waals surface area contributed by atoms with Crippen molar-refractivity contribution in [1.82, 2.24) is 5.32 Å².